The topological polar surface area (TPSA) is 44.2 Å². The molecule has 1 heterocycles. The Morgan fingerprint density at radius 1 is 0.719 bits per heavy atom. The van der Waals surface area contributed by atoms with Crippen molar-refractivity contribution in [3.8, 4) is 34.0 Å². The van der Waals surface area contributed by atoms with E-state index in [9.17, 15) is 4.39 Å². The first-order chi connectivity index (χ1) is 15.7. The fourth-order valence-corrected chi connectivity index (χ4v) is 3.30. The van der Waals surface area contributed by atoms with Gasteiger partial charge in [-0.05, 0) is 36.1 Å². The molecule has 3 rings (SSSR count). The lowest BCUT2D eigenvalue weighted by molar-refractivity contribution is 0.192. The van der Waals surface area contributed by atoms with Gasteiger partial charge in [-0.3, -0.25) is 0 Å². The van der Waals surface area contributed by atoms with Gasteiger partial charge in [-0.1, -0.05) is 75.9 Å². The predicted molar refractivity (Wildman–Crippen MR) is 128 cm³/mol. The minimum absolute atomic E-state index is 0.0906. The smallest absolute Gasteiger partial charge is 0.159 e. The Labute approximate surface area is 190 Å². The lowest BCUT2D eigenvalue weighted by Crippen LogP contribution is -2.11. The zero-order valence-corrected chi connectivity index (χ0v) is 19.1. The van der Waals surface area contributed by atoms with E-state index in [2.05, 4.69) is 16.9 Å². The molecule has 4 nitrogen and oxygen atoms in total. The molecular formula is C27H33FN2O2. The minimum atomic E-state index is -0.930. The van der Waals surface area contributed by atoms with Crippen molar-refractivity contribution in [3.05, 3.63) is 60.9 Å². The summed E-state index contributed by atoms with van der Waals surface area (Å²) in [4.78, 5) is 8.90. The maximum atomic E-state index is 13.3. The van der Waals surface area contributed by atoms with Crippen LogP contribution < -0.4 is 9.47 Å². The van der Waals surface area contributed by atoms with Gasteiger partial charge >= 0.3 is 0 Å². The molecule has 1 aromatic heterocycles. The van der Waals surface area contributed by atoms with Gasteiger partial charge in [0.05, 0.1) is 19.0 Å². The van der Waals surface area contributed by atoms with Crippen molar-refractivity contribution in [1.29, 1.82) is 0 Å². The molecular weight excluding hydrogens is 403 g/mol. The summed E-state index contributed by atoms with van der Waals surface area (Å²) in [5, 5.41) is 0. The Morgan fingerprint density at radius 3 is 1.94 bits per heavy atom. The van der Waals surface area contributed by atoms with Crippen LogP contribution in [0.25, 0.3) is 22.5 Å². The molecule has 0 aliphatic heterocycles. The van der Waals surface area contributed by atoms with Crippen molar-refractivity contribution in [1.82, 2.24) is 9.97 Å². The number of hydrogen-bond donors (Lipinski definition) is 0. The summed E-state index contributed by atoms with van der Waals surface area (Å²) in [7, 11) is 0. The van der Waals surface area contributed by atoms with E-state index in [4.69, 9.17) is 9.47 Å². The normalized spacial score (nSPS) is 11.8. The van der Waals surface area contributed by atoms with Gasteiger partial charge in [-0.15, -0.1) is 0 Å². The van der Waals surface area contributed by atoms with Crippen LogP contribution in [0.1, 0.15) is 52.4 Å². The van der Waals surface area contributed by atoms with Crippen molar-refractivity contribution >= 4 is 0 Å². The Kier molecular flexibility index (Phi) is 9.48. The molecule has 0 amide bonds. The van der Waals surface area contributed by atoms with Gasteiger partial charge in [0.25, 0.3) is 0 Å². The number of nitrogens with zero attached hydrogens (tertiary/aromatic N) is 2. The van der Waals surface area contributed by atoms with Crippen LogP contribution in [-0.4, -0.2) is 29.4 Å². The zero-order valence-electron chi connectivity index (χ0n) is 19.1. The predicted octanol–water partition coefficient (Wildman–Crippen LogP) is 7.29. The third kappa shape index (κ3) is 7.33. The second kappa shape index (κ2) is 12.8. The Hall–Kier alpha value is -2.95. The minimum Gasteiger partial charge on any atom is -0.491 e. The second-order valence-corrected chi connectivity index (χ2v) is 7.92. The monoisotopic (exact) mass is 436 g/mol. The first kappa shape index (κ1) is 23.7. The third-order valence-electron chi connectivity index (χ3n) is 5.35. The fraction of sp³-hybridized carbons (Fsp3) is 0.407. The summed E-state index contributed by atoms with van der Waals surface area (Å²) in [5.74, 6) is 2.06. The molecule has 0 bridgehead atoms. The standard InChI is InChI=1S/C27H33FN2O2/c1-3-5-6-7-8-17-31-26-18-29-27(30-19-26)23-11-9-21(10-12-23)22-13-15-25(16-14-22)32-20-24(28)4-2/h9-16,18-19,24H,3-8,17,20H2,1-2H3/t24-/m0/s1. The Bertz CT molecular complexity index is 912. The molecule has 1 atom stereocenters. The first-order valence-electron chi connectivity index (χ1n) is 11.6. The van der Waals surface area contributed by atoms with Crippen molar-refractivity contribution < 1.29 is 13.9 Å². The number of ether oxygens (including phenoxy) is 2. The van der Waals surface area contributed by atoms with E-state index in [0.717, 1.165) is 23.1 Å². The van der Waals surface area contributed by atoms with Gasteiger partial charge in [-0.25, -0.2) is 14.4 Å². The molecule has 32 heavy (non-hydrogen) atoms. The lowest BCUT2D eigenvalue weighted by atomic mass is 10.0. The highest BCUT2D eigenvalue weighted by molar-refractivity contribution is 5.68. The van der Waals surface area contributed by atoms with E-state index in [0.29, 0.717) is 30.4 Å². The van der Waals surface area contributed by atoms with Crippen molar-refractivity contribution in [3.63, 3.8) is 0 Å². The molecule has 0 spiro atoms. The second-order valence-electron chi connectivity index (χ2n) is 7.92. The molecule has 0 aliphatic carbocycles. The molecule has 0 fully saturated rings. The van der Waals surface area contributed by atoms with Crippen LogP contribution in [0.15, 0.2) is 60.9 Å². The highest BCUT2D eigenvalue weighted by atomic mass is 19.1. The number of rotatable bonds is 13. The average Bonchev–Trinajstić information content (AvgIpc) is 2.85. The molecule has 0 saturated heterocycles. The molecule has 0 unspecified atom stereocenters. The number of aromatic nitrogens is 2. The SMILES string of the molecule is CCCCCCCOc1cnc(-c2ccc(-c3ccc(OC[C@@H](F)CC)cc3)cc2)nc1. The third-order valence-corrected chi connectivity index (χ3v) is 5.35. The summed E-state index contributed by atoms with van der Waals surface area (Å²) < 4.78 is 24.6. The maximum absolute atomic E-state index is 13.3. The quantitative estimate of drug-likeness (QED) is 0.264. The van der Waals surface area contributed by atoms with Gasteiger partial charge < -0.3 is 9.47 Å². The van der Waals surface area contributed by atoms with E-state index < -0.39 is 6.17 Å². The number of alkyl halides is 1. The van der Waals surface area contributed by atoms with Gasteiger partial charge in [0, 0.05) is 5.56 Å². The first-order valence-corrected chi connectivity index (χ1v) is 11.6. The average molecular weight is 437 g/mol. The molecule has 170 valence electrons. The summed E-state index contributed by atoms with van der Waals surface area (Å²) in [6.07, 6.45) is 9.07. The van der Waals surface area contributed by atoms with E-state index in [-0.39, 0.29) is 6.61 Å². The van der Waals surface area contributed by atoms with Crippen LogP contribution in [0.2, 0.25) is 0 Å². The number of halogens is 1. The highest BCUT2D eigenvalue weighted by Crippen LogP contribution is 2.25. The molecule has 3 aromatic rings. The Balaban J connectivity index is 1.52. The molecule has 0 saturated carbocycles. The lowest BCUT2D eigenvalue weighted by Gasteiger charge is -2.10. The fourth-order valence-electron chi connectivity index (χ4n) is 3.30. The molecule has 0 radical (unpaired) electrons. The van der Waals surface area contributed by atoms with E-state index in [1.54, 1.807) is 12.4 Å². The van der Waals surface area contributed by atoms with Crippen molar-refractivity contribution in [2.24, 2.45) is 0 Å². The summed E-state index contributed by atoms with van der Waals surface area (Å²) >= 11 is 0. The Morgan fingerprint density at radius 2 is 1.31 bits per heavy atom. The molecule has 5 heteroatoms. The van der Waals surface area contributed by atoms with Crippen LogP contribution in [0, 0.1) is 0 Å². The van der Waals surface area contributed by atoms with Gasteiger partial charge in [0.15, 0.2) is 11.6 Å². The number of unbranched alkanes of at least 4 members (excludes halogenated alkanes) is 4. The van der Waals surface area contributed by atoms with E-state index >= 15 is 0 Å². The van der Waals surface area contributed by atoms with Crippen molar-refractivity contribution in [2.75, 3.05) is 13.2 Å². The van der Waals surface area contributed by atoms with Crippen LogP contribution in [0.4, 0.5) is 4.39 Å². The van der Waals surface area contributed by atoms with Crippen LogP contribution in [-0.2, 0) is 0 Å². The molecule has 2 aromatic carbocycles. The molecule has 0 N–H and O–H groups in total. The van der Waals surface area contributed by atoms with E-state index in [1.165, 1.54) is 25.7 Å². The largest absolute Gasteiger partial charge is 0.491 e. The van der Waals surface area contributed by atoms with Crippen molar-refractivity contribution in [2.45, 2.75) is 58.5 Å². The number of hydrogen-bond acceptors (Lipinski definition) is 4. The van der Waals surface area contributed by atoms with Crippen LogP contribution >= 0.6 is 0 Å². The number of benzene rings is 2. The summed E-state index contributed by atoms with van der Waals surface area (Å²) in [6.45, 7) is 4.82. The highest BCUT2D eigenvalue weighted by Gasteiger charge is 2.06. The van der Waals surface area contributed by atoms with Crippen LogP contribution in [0.3, 0.4) is 0 Å². The zero-order chi connectivity index (χ0) is 22.6. The van der Waals surface area contributed by atoms with Crippen LogP contribution in [0.5, 0.6) is 11.5 Å². The van der Waals surface area contributed by atoms with Gasteiger partial charge in [0.2, 0.25) is 0 Å². The van der Waals surface area contributed by atoms with E-state index in [1.807, 2.05) is 55.5 Å². The van der Waals surface area contributed by atoms with Gasteiger partial charge in [0.1, 0.15) is 18.5 Å². The summed E-state index contributed by atoms with van der Waals surface area (Å²) in [5.41, 5.74) is 3.11. The molecule has 0 aliphatic rings. The van der Waals surface area contributed by atoms with Gasteiger partial charge in [-0.2, -0.15) is 0 Å². The summed E-state index contributed by atoms with van der Waals surface area (Å²) in [6, 6.07) is 15.8. The maximum Gasteiger partial charge on any atom is 0.159 e.